The predicted molar refractivity (Wildman–Crippen MR) is 94.1 cm³/mol. The summed E-state index contributed by atoms with van der Waals surface area (Å²) in [7, 11) is 0. The third kappa shape index (κ3) is 5.32. The minimum absolute atomic E-state index is 0.150. The highest BCUT2D eigenvalue weighted by atomic mass is 32.2. The first-order chi connectivity index (χ1) is 10.9. The predicted octanol–water partition coefficient (Wildman–Crippen LogP) is 4.68. The van der Waals surface area contributed by atoms with Crippen molar-refractivity contribution in [3.05, 3.63) is 54.1 Å². The molecule has 122 valence electrons. The first-order valence-corrected chi connectivity index (χ1v) is 8.50. The molecule has 2 aromatic rings. The zero-order valence-corrected chi connectivity index (χ0v) is 14.5. The molecule has 0 atom stereocenters. The lowest BCUT2D eigenvalue weighted by Crippen LogP contribution is -2.21. The molecule has 0 heterocycles. The molecule has 1 N–H and O–H groups in total. The summed E-state index contributed by atoms with van der Waals surface area (Å²) in [5.74, 6) is 1.33. The van der Waals surface area contributed by atoms with E-state index in [2.05, 4.69) is 0 Å². The Labute approximate surface area is 141 Å². The first kappa shape index (κ1) is 17.4. The Kier molecular flexibility index (Phi) is 5.72. The molecule has 0 fully saturated rings. The highest BCUT2D eigenvalue weighted by Gasteiger charge is 2.21. The largest absolute Gasteiger partial charge is 0.507 e. The van der Waals surface area contributed by atoms with Crippen molar-refractivity contribution in [3.63, 3.8) is 0 Å². The molecule has 0 saturated heterocycles. The molecule has 3 nitrogen and oxygen atoms in total. The van der Waals surface area contributed by atoms with E-state index in [1.807, 2.05) is 51.1 Å². The SMILES string of the molecule is CC(C)(C)C(=O)CSc1cc(OCc2ccccc2)ccc1O. The Morgan fingerprint density at radius 1 is 1.13 bits per heavy atom. The van der Waals surface area contributed by atoms with Gasteiger partial charge < -0.3 is 9.84 Å². The van der Waals surface area contributed by atoms with E-state index in [9.17, 15) is 9.90 Å². The summed E-state index contributed by atoms with van der Waals surface area (Å²) in [6, 6.07) is 15.0. The molecule has 0 aliphatic rings. The number of thioether (sulfide) groups is 1. The quantitative estimate of drug-likeness (QED) is 0.781. The van der Waals surface area contributed by atoms with Crippen LogP contribution in [0.2, 0.25) is 0 Å². The second-order valence-corrected chi connectivity index (χ2v) is 7.38. The summed E-state index contributed by atoms with van der Waals surface area (Å²) in [5, 5.41) is 9.95. The van der Waals surface area contributed by atoms with Crippen molar-refractivity contribution in [2.45, 2.75) is 32.3 Å². The van der Waals surface area contributed by atoms with Gasteiger partial charge in [-0.1, -0.05) is 51.1 Å². The van der Waals surface area contributed by atoms with Gasteiger partial charge in [0.15, 0.2) is 0 Å². The van der Waals surface area contributed by atoms with Crippen LogP contribution in [0.4, 0.5) is 0 Å². The van der Waals surface area contributed by atoms with Gasteiger partial charge in [0.2, 0.25) is 0 Å². The molecule has 2 rings (SSSR count). The van der Waals surface area contributed by atoms with Crippen LogP contribution in [0, 0.1) is 5.41 Å². The zero-order valence-electron chi connectivity index (χ0n) is 13.7. The average molecular weight is 330 g/mol. The number of ketones is 1. The van der Waals surface area contributed by atoms with Crippen LogP contribution in [0.1, 0.15) is 26.3 Å². The van der Waals surface area contributed by atoms with Gasteiger partial charge in [0, 0.05) is 5.41 Å². The number of benzene rings is 2. The first-order valence-electron chi connectivity index (χ1n) is 7.52. The van der Waals surface area contributed by atoms with E-state index in [1.165, 1.54) is 11.8 Å². The summed E-state index contributed by atoms with van der Waals surface area (Å²) in [6.45, 7) is 6.16. The fourth-order valence-corrected chi connectivity index (χ4v) is 2.94. The number of aromatic hydroxyl groups is 1. The van der Waals surface area contributed by atoms with E-state index in [0.717, 1.165) is 5.56 Å². The monoisotopic (exact) mass is 330 g/mol. The van der Waals surface area contributed by atoms with E-state index in [-0.39, 0.29) is 16.9 Å². The van der Waals surface area contributed by atoms with Crippen LogP contribution < -0.4 is 4.74 Å². The summed E-state index contributed by atoms with van der Waals surface area (Å²) in [4.78, 5) is 12.7. The van der Waals surface area contributed by atoms with Crippen molar-refractivity contribution in [1.82, 2.24) is 0 Å². The van der Waals surface area contributed by atoms with Crippen LogP contribution in [0.15, 0.2) is 53.4 Å². The van der Waals surface area contributed by atoms with Gasteiger partial charge in [-0.25, -0.2) is 0 Å². The summed E-state index contributed by atoms with van der Waals surface area (Å²) >= 11 is 1.34. The minimum Gasteiger partial charge on any atom is -0.507 e. The Bertz CT molecular complexity index is 660. The van der Waals surface area contributed by atoms with Gasteiger partial charge in [-0.2, -0.15) is 0 Å². The van der Waals surface area contributed by atoms with Crippen molar-refractivity contribution in [2.75, 3.05) is 5.75 Å². The van der Waals surface area contributed by atoms with Crippen molar-refractivity contribution < 1.29 is 14.6 Å². The Balaban J connectivity index is 2.00. The molecule has 0 amide bonds. The van der Waals surface area contributed by atoms with Gasteiger partial charge in [0.1, 0.15) is 23.9 Å². The highest BCUT2D eigenvalue weighted by Crippen LogP contribution is 2.33. The fourth-order valence-electron chi connectivity index (χ4n) is 1.80. The van der Waals surface area contributed by atoms with E-state index >= 15 is 0 Å². The number of ether oxygens (including phenoxy) is 1. The Hall–Kier alpha value is -1.94. The van der Waals surface area contributed by atoms with Gasteiger partial charge in [0.05, 0.1) is 10.6 Å². The molecule has 0 radical (unpaired) electrons. The molecule has 23 heavy (non-hydrogen) atoms. The number of hydrogen-bond donors (Lipinski definition) is 1. The van der Waals surface area contributed by atoms with Crippen LogP contribution in [-0.2, 0) is 11.4 Å². The molecule has 0 aromatic heterocycles. The number of hydrogen-bond acceptors (Lipinski definition) is 4. The number of carbonyl (C=O) groups is 1. The normalized spacial score (nSPS) is 11.3. The maximum atomic E-state index is 12.0. The second kappa shape index (κ2) is 7.55. The van der Waals surface area contributed by atoms with Crippen LogP contribution >= 0.6 is 11.8 Å². The van der Waals surface area contributed by atoms with E-state index < -0.39 is 0 Å². The minimum atomic E-state index is -0.371. The lowest BCUT2D eigenvalue weighted by atomic mass is 9.92. The van der Waals surface area contributed by atoms with E-state index in [0.29, 0.717) is 23.0 Å². The van der Waals surface area contributed by atoms with Crippen molar-refractivity contribution in [1.29, 1.82) is 0 Å². The van der Waals surface area contributed by atoms with Crippen LogP contribution in [0.25, 0.3) is 0 Å². The molecule has 0 unspecified atom stereocenters. The molecule has 0 bridgehead atoms. The van der Waals surface area contributed by atoms with Gasteiger partial charge in [-0.3, -0.25) is 4.79 Å². The van der Waals surface area contributed by atoms with Crippen LogP contribution in [0.3, 0.4) is 0 Å². The topological polar surface area (TPSA) is 46.5 Å². The third-order valence-corrected chi connectivity index (χ3v) is 4.42. The maximum Gasteiger partial charge on any atom is 0.148 e. The summed E-state index contributed by atoms with van der Waals surface area (Å²) < 4.78 is 5.75. The molecule has 0 aliphatic carbocycles. The third-order valence-electron chi connectivity index (χ3n) is 3.37. The smallest absolute Gasteiger partial charge is 0.148 e. The summed E-state index contributed by atoms with van der Waals surface area (Å²) in [6.07, 6.45) is 0. The van der Waals surface area contributed by atoms with Crippen LogP contribution in [0.5, 0.6) is 11.5 Å². The van der Waals surface area contributed by atoms with Gasteiger partial charge in [-0.05, 0) is 23.8 Å². The molecular weight excluding hydrogens is 308 g/mol. The average Bonchev–Trinajstić information content (AvgIpc) is 2.52. The Morgan fingerprint density at radius 2 is 1.83 bits per heavy atom. The molecule has 4 heteroatoms. The fraction of sp³-hybridized carbons (Fsp3) is 0.316. The molecule has 0 spiro atoms. The van der Waals surface area contributed by atoms with Gasteiger partial charge >= 0.3 is 0 Å². The zero-order chi connectivity index (χ0) is 16.9. The molecule has 0 aliphatic heterocycles. The highest BCUT2D eigenvalue weighted by molar-refractivity contribution is 8.00. The second-order valence-electron chi connectivity index (χ2n) is 6.37. The molecular formula is C19H22O3S. The standard InChI is InChI=1S/C19H22O3S/c1-19(2,3)18(21)13-23-17-11-15(9-10-16(17)20)22-12-14-7-5-4-6-8-14/h4-11,20H,12-13H2,1-3H3. The lowest BCUT2D eigenvalue weighted by molar-refractivity contribution is -0.123. The van der Waals surface area contributed by atoms with Crippen molar-refractivity contribution in [2.24, 2.45) is 5.41 Å². The van der Waals surface area contributed by atoms with Gasteiger partial charge in [0.25, 0.3) is 0 Å². The lowest BCUT2D eigenvalue weighted by Gasteiger charge is -2.16. The maximum absolute atomic E-state index is 12.0. The van der Waals surface area contributed by atoms with E-state index in [1.54, 1.807) is 18.2 Å². The summed E-state index contributed by atoms with van der Waals surface area (Å²) in [5.41, 5.74) is 0.710. The number of Topliss-reactive ketones (excluding diaryl/α,β-unsaturated/α-hetero) is 1. The van der Waals surface area contributed by atoms with Crippen molar-refractivity contribution >= 4 is 17.5 Å². The van der Waals surface area contributed by atoms with Crippen LogP contribution in [-0.4, -0.2) is 16.6 Å². The van der Waals surface area contributed by atoms with E-state index in [4.69, 9.17) is 4.74 Å². The molecule has 0 saturated carbocycles. The molecule has 2 aromatic carbocycles. The number of carbonyl (C=O) groups excluding carboxylic acids is 1. The number of phenols is 1. The Morgan fingerprint density at radius 3 is 2.48 bits per heavy atom. The van der Waals surface area contributed by atoms with Gasteiger partial charge in [-0.15, -0.1) is 11.8 Å². The van der Waals surface area contributed by atoms with Crippen molar-refractivity contribution in [3.8, 4) is 11.5 Å². The number of phenolic OH excluding ortho intramolecular Hbond substituents is 1. The number of rotatable bonds is 6.